The molecule has 1 fully saturated rings. The first-order valence-electron chi connectivity index (χ1n) is 9.69. The van der Waals surface area contributed by atoms with E-state index < -0.39 is 0 Å². The minimum Gasteiger partial charge on any atom is -0.508 e. The number of phenols is 2. The highest BCUT2D eigenvalue weighted by Gasteiger charge is 2.39. The lowest BCUT2D eigenvalue weighted by Gasteiger charge is -2.43. The second-order valence-electron chi connectivity index (χ2n) is 8.22. The minimum absolute atomic E-state index is 0.335. The van der Waals surface area contributed by atoms with Crippen molar-refractivity contribution in [2.24, 2.45) is 5.92 Å². The normalized spacial score (nSPS) is 25.5. The van der Waals surface area contributed by atoms with Gasteiger partial charge in [-0.05, 0) is 83.4 Å². The zero-order chi connectivity index (χ0) is 17.6. The van der Waals surface area contributed by atoms with E-state index in [1.165, 1.54) is 42.4 Å². The Labute approximate surface area is 150 Å². The first kappa shape index (κ1) is 16.5. The summed E-state index contributed by atoms with van der Waals surface area (Å²) < 4.78 is 0. The molecule has 0 radical (unpaired) electrons. The van der Waals surface area contributed by atoms with Crippen LogP contribution in [0, 0.1) is 5.92 Å². The number of fused-ring (bicyclic) bond motifs is 3. The third-order valence-electron chi connectivity index (χ3n) is 6.41. The Balaban J connectivity index is 1.79. The Kier molecular flexibility index (Phi) is 4.23. The molecule has 0 heterocycles. The number of hydrogen-bond donors (Lipinski definition) is 2. The molecule has 0 aliphatic heterocycles. The summed E-state index contributed by atoms with van der Waals surface area (Å²) in [6.45, 7) is 4.29. The topological polar surface area (TPSA) is 40.5 Å². The van der Waals surface area contributed by atoms with Gasteiger partial charge in [-0.3, -0.25) is 0 Å². The van der Waals surface area contributed by atoms with Crippen molar-refractivity contribution < 1.29 is 10.2 Å². The van der Waals surface area contributed by atoms with Crippen molar-refractivity contribution in [1.82, 2.24) is 0 Å². The van der Waals surface area contributed by atoms with Gasteiger partial charge in [0.2, 0.25) is 0 Å². The van der Waals surface area contributed by atoms with Gasteiger partial charge >= 0.3 is 0 Å². The van der Waals surface area contributed by atoms with E-state index in [0.29, 0.717) is 35.2 Å². The minimum atomic E-state index is 0.335. The second-order valence-corrected chi connectivity index (χ2v) is 8.22. The third-order valence-corrected chi connectivity index (χ3v) is 6.41. The van der Waals surface area contributed by atoms with Gasteiger partial charge in [0.05, 0.1) is 0 Å². The van der Waals surface area contributed by atoms with E-state index in [0.717, 1.165) is 12.0 Å². The molecule has 0 amide bonds. The SMILES string of the molecule is CC(C)c1cc2c(cc1O)[C@@H]1CCCC[C@@H]1[C@H](c1ccc(O)cc1)C2. The quantitative estimate of drug-likeness (QED) is 0.724. The molecule has 2 N–H and O–H groups in total. The van der Waals surface area contributed by atoms with Crippen molar-refractivity contribution in [3.63, 3.8) is 0 Å². The molecule has 1 saturated carbocycles. The third kappa shape index (κ3) is 2.92. The van der Waals surface area contributed by atoms with Crippen LogP contribution >= 0.6 is 0 Å². The first-order valence-corrected chi connectivity index (χ1v) is 9.69. The fourth-order valence-electron chi connectivity index (χ4n) is 5.15. The van der Waals surface area contributed by atoms with Crippen molar-refractivity contribution in [3.05, 3.63) is 58.7 Å². The molecule has 0 saturated heterocycles. The maximum Gasteiger partial charge on any atom is 0.119 e. The summed E-state index contributed by atoms with van der Waals surface area (Å²) in [6.07, 6.45) is 6.13. The van der Waals surface area contributed by atoms with Crippen molar-refractivity contribution in [3.8, 4) is 11.5 Å². The van der Waals surface area contributed by atoms with Gasteiger partial charge in [0.15, 0.2) is 0 Å². The van der Waals surface area contributed by atoms with Gasteiger partial charge in [-0.1, -0.05) is 44.9 Å². The van der Waals surface area contributed by atoms with Crippen LogP contribution in [0.5, 0.6) is 11.5 Å². The van der Waals surface area contributed by atoms with Crippen LogP contribution in [0.4, 0.5) is 0 Å². The monoisotopic (exact) mass is 336 g/mol. The van der Waals surface area contributed by atoms with E-state index in [1.807, 2.05) is 12.1 Å². The van der Waals surface area contributed by atoms with Gasteiger partial charge in [0.1, 0.15) is 11.5 Å². The van der Waals surface area contributed by atoms with E-state index in [-0.39, 0.29) is 0 Å². The summed E-state index contributed by atoms with van der Waals surface area (Å²) >= 11 is 0. The molecule has 0 aromatic heterocycles. The van der Waals surface area contributed by atoms with Crippen molar-refractivity contribution in [2.75, 3.05) is 0 Å². The van der Waals surface area contributed by atoms with E-state index in [2.05, 4.69) is 38.1 Å². The average molecular weight is 336 g/mol. The number of phenolic OH excluding ortho intramolecular Hbond substituents is 2. The molecule has 3 atom stereocenters. The molecule has 2 aliphatic rings. The Morgan fingerprint density at radius 2 is 1.64 bits per heavy atom. The van der Waals surface area contributed by atoms with Gasteiger partial charge < -0.3 is 10.2 Å². The van der Waals surface area contributed by atoms with Crippen molar-refractivity contribution in [2.45, 2.75) is 63.7 Å². The van der Waals surface area contributed by atoms with Crippen molar-refractivity contribution >= 4 is 0 Å². The first-order chi connectivity index (χ1) is 12.0. The summed E-state index contributed by atoms with van der Waals surface area (Å²) in [7, 11) is 0. The zero-order valence-corrected chi connectivity index (χ0v) is 15.2. The van der Waals surface area contributed by atoms with E-state index in [1.54, 1.807) is 0 Å². The van der Waals surface area contributed by atoms with Crippen molar-refractivity contribution in [1.29, 1.82) is 0 Å². The Morgan fingerprint density at radius 1 is 0.920 bits per heavy atom. The molecule has 0 spiro atoms. The van der Waals surface area contributed by atoms with Gasteiger partial charge in [-0.2, -0.15) is 0 Å². The lowest BCUT2D eigenvalue weighted by molar-refractivity contribution is 0.242. The van der Waals surface area contributed by atoms with Crippen LogP contribution in [0.2, 0.25) is 0 Å². The Bertz CT molecular complexity index is 760. The smallest absolute Gasteiger partial charge is 0.119 e. The number of hydrogen-bond acceptors (Lipinski definition) is 2. The molecule has 2 aliphatic carbocycles. The van der Waals surface area contributed by atoms with Crippen LogP contribution in [0.25, 0.3) is 0 Å². The number of aromatic hydroxyl groups is 2. The summed E-state index contributed by atoms with van der Waals surface area (Å²) in [5, 5.41) is 20.2. The predicted octanol–water partition coefficient (Wildman–Crippen LogP) is 5.83. The van der Waals surface area contributed by atoms with Gasteiger partial charge in [0.25, 0.3) is 0 Å². The van der Waals surface area contributed by atoms with Crippen LogP contribution < -0.4 is 0 Å². The maximum absolute atomic E-state index is 10.5. The van der Waals surface area contributed by atoms with Crippen LogP contribution in [0.3, 0.4) is 0 Å². The van der Waals surface area contributed by atoms with E-state index in [9.17, 15) is 10.2 Å². The number of rotatable bonds is 2. The fourth-order valence-corrected chi connectivity index (χ4v) is 5.15. The van der Waals surface area contributed by atoms with Gasteiger partial charge in [0, 0.05) is 0 Å². The maximum atomic E-state index is 10.5. The molecule has 4 rings (SSSR count). The molecule has 2 nitrogen and oxygen atoms in total. The van der Waals surface area contributed by atoms with Gasteiger partial charge in [-0.15, -0.1) is 0 Å². The Hall–Kier alpha value is -1.96. The molecule has 2 heteroatoms. The lowest BCUT2D eigenvalue weighted by Crippen LogP contribution is -2.31. The van der Waals surface area contributed by atoms with Gasteiger partial charge in [-0.25, -0.2) is 0 Å². The summed E-state index contributed by atoms with van der Waals surface area (Å²) in [5.41, 5.74) is 5.22. The highest BCUT2D eigenvalue weighted by molar-refractivity contribution is 5.48. The van der Waals surface area contributed by atoms with Crippen LogP contribution in [0.15, 0.2) is 36.4 Å². The van der Waals surface area contributed by atoms with E-state index >= 15 is 0 Å². The largest absolute Gasteiger partial charge is 0.508 e. The lowest BCUT2D eigenvalue weighted by atomic mass is 9.61. The van der Waals surface area contributed by atoms with Crippen LogP contribution in [-0.2, 0) is 6.42 Å². The molecule has 2 aromatic rings. The molecular formula is C23H28O2. The Morgan fingerprint density at radius 3 is 2.36 bits per heavy atom. The van der Waals surface area contributed by atoms with Crippen LogP contribution in [0.1, 0.15) is 79.5 Å². The van der Waals surface area contributed by atoms with Crippen LogP contribution in [-0.4, -0.2) is 10.2 Å². The fraction of sp³-hybridized carbons (Fsp3) is 0.478. The average Bonchev–Trinajstić information content (AvgIpc) is 2.61. The molecular weight excluding hydrogens is 308 g/mol. The molecule has 132 valence electrons. The highest BCUT2D eigenvalue weighted by atomic mass is 16.3. The predicted molar refractivity (Wildman–Crippen MR) is 101 cm³/mol. The summed E-state index contributed by atoms with van der Waals surface area (Å²) in [6, 6.07) is 12.2. The molecule has 2 aromatic carbocycles. The standard InChI is InChI=1S/C23H28O2/c1-14(2)20-11-16-12-21(15-7-9-17(24)10-8-15)18-5-3-4-6-19(18)22(16)13-23(20)25/h7-11,13-14,18-19,21,24-25H,3-6,12H2,1-2H3/t18-,19+,21-/m0/s1. The molecule has 0 unspecified atom stereocenters. The zero-order valence-electron chi connectivity index (χ0n) is 15.2. The summed E-state index contributed by atoms with van der Waals surface area (Å²) in [4.78, 5) is 0. The van der Waals surface area contributed by atoms with E-state index in [4.69, 9.17) is 0 Å². The highest BCUT2D eigenvalue weighted by Crippen LogP contribution is 2.52. The number of benzene rings is 2. The molecule has 25 heavy (non-hydrogen) atoms. The summed E-state index contributed by atoms with van der Waals surface area (Å²) in [5.74, 6) is 2.87. The second kappa shape index (κ2) is 6.40. The molecule has 0 bridgehead atoms.